The normalized spacial score (nSPS) is 10.2. The van der Waals surface area contributed by atoms with Crippen LogP contribution in [0.1, 0.15) is 6.42 Å². The first-order chi connectivity index (χ1) is 10.3. The summed E-state index contributed by atoms with van der Waals surface area (Å²) >= 11 is 1.53. The van der Waals surface area contributed by atoms with Crippen LogP contribution in [0.4, 0.5) is 11.6 Å². The Bertz CT molecular complexity index is 528. The Hall–Kier alpha value is -1.95. The summed E-state index contributed by atoms with van der Waals surface area (Å²) in [6, 6.07) is 11.7. The predicted molar refractivity (Wildman–Crippen MR) is 88.4 cm³/mol. The molecule has 0 bridgehead atoms. The topological polar surface area (TPSA) is 59.1 Å². The molecule has 2 aromatic rings. The monoisotopic (exact) mass is 304 g/mol. The van der Waals surface area contributed by atoms with Crippen molar-refractivity contribution >= 4 is 23.4 Å². The molecule has 0 aliphatic carbocycles. The predicted octanol–water partition coefficient (Wildman–Crippen LogP) is 3.12. The zero-order valence-electron chi connectivity index (χ0n) is 12.3. The zero-order chi connectivity index (χ0) is 14.9. The van der Waals surface area contributed by atoms with E-state index in [0.29, 0.717) is 6.61 Å². The van der Waals surface area contributed by atoms with Gasteiger partial charge in [-0.25, -0.2) is 9.97 Å². The minimum Gasteiger partial charge on any atom is -0.494 e. The van der Waals surface area contributed by atoms with Crippen molar-refractivity contribution in [2.45, 2.75) is 11.6 Å². The van der Waals surface area contributed by atoms with Gasteiger partial charge in [-0.2, -0.15) is 0 Å². The Labute approximate surface area is 129 Å². The van der Waals surface area contributed by atoms with Crippen LogP contribution in [0.2, 0.25) is 0 Å². The van der Waals surface area contributed by atoms with Crippen LogP contribution in [0.3, 0.4) is 0 Å². The molecule has 0 amide bonds. The number of thioether (sulfide) groups is 1. The van der Waals surface area contributed by atoms with E-state index in [-0.39, 0.29) is 0 Å². The van der Waals surface area contributed by atoms with Crippen LogP contribution >= 0.6 is 11.8 Å². The van der Waals surface area contributed by atoms with Gasteiger partial charge in [-0.1, -0.05) is 30.0 Å². The molecule has 0 unspecified atom stereocenters. The Morgan fingerprint density at radius 3 is 2.62 bits per heavy atom. The number of benzene rings is 1. The Balaban J connectivity index is 1.75. The maximum Gasteiger partial charge on any atom is 0.191 e. The molecule has 6 heteroatoms. The summed E-state index contributed by atoms with van der Waals surface area (Å²) in [5.74, 6) is 2.55. The number of hydrogen-bond acceptors (Lipinski definition) is 6. The molecule has 1 aromatic heterocycles. The number of hydrogen-bond donors (Lipinski definition) is 2. The molecule has 21 heavy (non-hydrogen) atoms. The summed E-state index contributed by atoms with van der Waals surface area (Å²) in [7, 11) is 1.85. The molecule has 0 aliphatic rings. The highest BCUT2D eigenvalue weighted by molar-refractivity contribution is 7.98. The van der Waals surface area contributed by atoms with E-state index in [0.717, 1.165) is 35.5 Å². The molecule has 0 fully saturated rings. The second-order valence-electron chi connectivity index (χ2n) is 4.32. The maximum absolute atomic E-state index is 5.64. The number of rotatable bonds is 8. The van der Waals surface area contributed by atoms with Gasteiger partial charge >= 0.3 is 0 Å². The second-order valence-corrected chi connectivity index (χ2v) is 5.09. The summed E-state index contributed by atoms with van der Waals surface area (Å²) in [6.45, 7) is 1.48. The lowest BCUT2D eigenvalue weighted by Gasteiger charge is -2.09. The Kier molecular flexibility index (Phi) is 6.15. The molecule has 0 saturated heterocycles. The van der Waals surface area contributed by atoms with Crippen LogP contribution in [0.15, 0.2) is 41.6 Å². The Morgan fingerprint density at radius 1 is 1.14 bits per heavy atom. The highest BCUT2D eigenvalue weighted by atomic mass is 32.2. The van der Waals surface area contributed by atoms with Gasteiger partial charge in [0.25, 0.3) is 0 Å². The molecule has 0 saturated carbocycles. The van der Waals surface area contributed by atoms with Gasteiger partial charge < -0.3 is 15.4 Å². The van der Waals surface area contributed by atoms with Crippen LogP contribution < -0.4 is 15.4 Å². The van der Waals surface area contributed by atoms with Crippen molar-refractivity contribution in [3.63, 3.8) is 0 Å². The van der Waals surface area contributed by atoms with Crippen LogP contribution in [0.5, 0.6) is 5.75 Å². The summed E-state index contributed by atoms with van der Waals surface area (Å²) in [4.78, 5) is 8.75. The molecule has 0 spiro atoms. The lowest BCUT2D eigenvalue weighted by molar-refractivity contribution is 0.315. The van der Waals surface area contributed by atoms with Gasteiger partial charge in [0.2, 0.25) is 0 Å². The van der Waals surface area contributed by atoms with Crippen molar-refractivity contribution < 1.29 is 4.74 Å². The molecule has 2 rings (SSSR count). The third-order valence-electron chi connectivity index (χ3n) is 2.78. The van der Waals surface area contributed by atoms with Crippen molar-refractivity contribution in [2.24, 2.45) is 0 Å². The SMILES string of the molecule is CNc1cc(NCCCOc2ccccc2)nc(SC)n1. The molecule has 0 atom stereocenters. The van der Waals surface area contributed by atoms with E-state index in [1.165, 1.54) is 11.8 Å². The molecule has 2 N–H and O–H groups in total. The van der Waals surface area contributed by atoms with E-state index in [4.69, 9.17) is 4.74 Å². The summed E-state index contributed by atoms with van der Waals surface area (Å²) < 4.78 is 5.64. The molecule has 1 aromatic carbocycles. The average molecular weight is 304 g/mol. The van der Waals surface area contributed by atoms with Gasteiger partial charge in [-0.3, -0.25) is 0 Å². The van der Waals surface area contributed by atoms with Crippen LogP contribution in [-0.2, 0) is 0 Å². The summed E-state index contributed by atoms with van der Waals surface area (Å²) in [6.07, 6.45) is 2.87. The second kappa shape index (κ2) is 8.36. The maximum atomic E-state index is 5.64. The fourth-order valence-electron chi connectivity index (χ4n) is 1.73. The number of aromatic nitrogens is 2. The fraction of sp³-hybridized carbons (Fsp3) is 0.333. The van der Waals surface area contributed by atoms with E-state index in [2.05, 4.69) is 20.6 Å². The Morgan fingerprint density at radius 2 is 1.90 bits per heavy atom. The molecule has 112 valence electrons. The molecule has 5 nitrogen and oxygen atoms in total. The van der Waals surface area contributed by atoms with Crippen molar-refractivity contribution in [1.29, 1.82) is 0 Å². The smallest absolute Gasteiger partial charge is 0.191 e. The minimum atomic E-state index is 0.677. The largest absolute Gasteiger partial charge is 0.494 e. The highest BCUT2D eigenvalue weighted by Gasteiger charge is 2.02. The molecule has 1 heterocycles. The van der Waals surface area contributed by atoms with E-state index in [9.17, 15) is 0 Å². The van der Waals surface area contributed by atoms with Gasteiger partial charge in [-0.15, -0.1) is 0 Å². The quantitative estimate of drug-likeness (QED) is 0.444. The van der Waals surface area contributed by atoms with Gasteiger partial charge in [0.05, 0.1) is 6.61 Å². The van der Waals surface area contributed by atoms with Gasteiger partial charge in [0, 0.05) is 19.7 Å². The number of nitrogens with one attached hydrogen (secondary N) is 2. The number of nitrogens with zero attached hydrogens (tertiary/aromatic N) is 2. The van der Waals surface area contributed by atoms with Crippen LogP contribution in [-0.4, -0.2) is 36.4 Å². The van der Waals surface area contributed by atoms with E-state index in [1.54, 1.807) is 0 Å². The number of ether oxygens (including phenoxy) is 1. The average Bonchev–Trinajstić information content (AvgIpc) is 2.55. The van der Waals surface area contributed by atoms with Gasteiger partial charge in [0.1, 0.15) is 17.4 Å². The van der Waals surface area contributed by atoms with Crippen molar-refractivity contribution in [2.75, 3.05) is 37.1 Å². The molecular weight excluding hydrogens is 284 g/mol. The molecule has 0 aliphatic heterocycles. The summed E-state index contributed by atoms with van der Waals surface area (Å²) in [5, 5.41) is 7.09. The summed E-state index contributed by atoms with van der Waals surface area (Å²) in [5.41, 5.74) is 0. The van der Waals surface area contributed by atoms with Crippen molar-refractivity contribution in [1.82, 2.24) is 9.97 Å². The first-order valence-corrected chi connectivity index (χ1v) is 8.07. The minimum absolute atomic E-state index is 0.677. The van der Waals surface area contributed by atoms with E-state index in [1.807, 2.05) is 49.7 Å². The van der Waals surface area contributed by atoms with Gasteiger partial charge in [0.15, 0.2) is 5.16 Å². The first kappa shape index (κ1) is 15.4. The van der Waals surface area contributed by atoms with Crippen LogP contribution in [0.25, 0.3) is 0 Å². The van der Waals surface area contributed by atoms with E-state index >= 15 is 0 Å². The molecular formula is C15H20N4OS. The van der Waals surface area contributed by atoms with Crippen LogP contribution in [0, 0.1) is 0 Å². The van der Waals surface area contributed by atoms with Crippen molar-refractivity contribution in [3.8, 4) is 5.75 Å². The first-order valence-electron chi connectivity index (χ1n) is 6.84. The number of anilines is 2. The highest BCUT2D eigenvalue weighted by Crippen LogP contribution is 2.16. The third kappa shape index (κ3) is 5.15. The molecule has 0 radical (unpaired) electrons. The van der Waals surface area contributed by atoms with Crippen molar-refractivity contribution in [3.05, 3.63) is 36.4 Å². The third-order valence-corrected chi connectivity index (χ3v) is 3.33. The fourth-order valence-corrected chi connectivity index (χ4v) is 2.11. The lowest BCUT2D eigenvalue weighted by atomic mass is 10.3. The lowest BCUT2D eigenvalue weighted by Crippen LogP contribution is -2.09. The van der Waals surface area contributed by atoms with E-state index < -0.39 is 0 Å². The standard InChI is InChI=1S/C15H20N4OS/c1-16-13-11-14(19-15(18-13)21-2)17-9-6-10-20-12-7-4-3-5-8-12/h3-5,7-8,11H,6,9-10H2,1-2H3,(H2,16,17,18,19). The zero-order valence-corrected chi connectivity index (χ0v) is 13.1. The number of para-hydroxylation sites is 1. The van der Waals surface area contributed by atoms with Gasteiger partial charge in [-0.05, 0) is 24.8 Å².